The number of likely N-dealkylation sites (tertiary alicyclic amines) is 1. The van der Waals surface area contributed by atoms with Crippen molar-refractivity contribution in [2.75, 3.05) is 26.7 Å². The van der Waals surface area contributed by atoms with Crippen molar-refractivity contribution >= 4 is 6.03 Å². The summed E-state index contributed by atoms with van der Waals surface area (Å²) in [6, 6.07) is -0.0953. The SMILES string of the molecule is CN1CCC(CNC(=O)n2ccnc2)C1. The van der Waals surface area contributed by atoms with Gasteiger partial charge in [-0.05, 0) is 25.9 Å². The molecular weight excluding hydrogens is 192 g/mol. The molecule has 1 amide bonds. The van der Waals surface area contributed by atoms with Crippen LogP contribution in [0.15, 0.2) is 18.7 Å². The lowest BCUT2D eigenvalue weighted by Gasteiger charge is -2.11. The van der Waals surface area contributed by atoms with Crippen LogP contribution in [0.3, 0.4) is 0 Å². The molecule has 0 aromatic carbocycles. The van der Waals surface area contributed by atoms with Gasteiger partial charge in [0.05, 0.1) is 0 Å². The van der Waals surface area contributed by atoms with E-state index in [0.717, 1.165) is 19.6 Å². The number of hydrogen-bond acceptors (Lipinski definition) is 3. The van der Waals surface area contributed by atoms with Gasteiger partial charge in [-0.25, -0.2) is 9.78 Å². The highest BCUT2D eigenvalue weighted by molar-refractivity contribution is 5.76. The van der Waals surface area contributed by atoms with Gasteiger partial charge in [-0.15, -0.1) is 0 Å². The molecule has 1 atom stereocenters. The molecule has 0 saturated carbocycles. The van der Waals surface area contributed by atoms with E-state index in [1.54, 1.807) is 12.4 Å². The number of rotatable bonds is 2. The fourth-order valence-corrected chi connectivity index (χ4v) is 1.90. The van der Waals surface area contributed by atoms with Gasteiger partial charge < -0.3 is 10.2 Å². The van der Waals surface area contributed by atoms with Crippen LogP contribution in [0.2, 0.25) is 0 Å². The van der Waals surface area contributed by atoms with Crippen LogP contribution in [0.1, 0.15) is 6.42 Å². The smallest absolute Gasteiger partial charge is 0.326 e. The Balaban J connectivity index is 1.76. The van der Waals surface area contributed by atoms with Gasteiger partial charge in [-0.2, -0.15) is 0 Å². The summed E-state index contributed by atoms with van der Waals surface area (Å²) >= 11 is 0. The van der Waals surface area contributed by atoms with Gasteiger partial charge in [0.15, 0.2) is 0 Å². The average Bonchev–Trinajstić information content (AvgIpc) is 2.84. The van der Waals surface area contributed by atoms with Gasteiger partial charge in [0.2, 0.25) is 0 Å². The van der Waals surface area contributed by atoms with Crippen molar-refractivity contribution in [2.45, 2.75) is 6.42 Å². The summed E-state index contributed by atoms with van der Waals surface area (Å²) in [5.41, 5.74) is 0. The fraction of sp³-hybridized carbons (Fsp3) is 0.600. The van der Waals surface area contributed by atoms with Crippen LogP contribution in [0.5, 0.6) is 0 Å². The molecule has 1 aliphatic rings. The van der Waals surface area contributed by atoms with E-state index in [-0.39, 0.29) is 6.03 Å². The van der Waals surface area contributed by atoms with Crippen molar-refractivity contribution in [1.29, 1.82) is 0 Å². The van der Waals surface area contributed by atoms with E-state index in [9.17, 15) is 4.79 Å². The molecule has 0 radical (unpaired) electrons. The van der Waals surface area contributed by atoms with Crippen LogP contribution in [0, 0.1) is 5.92 Å². The maximum absolute atomic E-state index is 11.5. The van der Waals surface area contributed by atoms with Crippen LogP contribution >= 0.6 is 0 Å². The summed E-state index contributed by atoms with van der Waals surface area (Å²) in [5, 5.41) is 2.90. The zero-order valence-electron chi connectivity index (χ0n) is 8.89. The minimum atomic E-state index is -0.0953. The first-order chi connectivity index (χ1) is 7.25. The molecule has 1 fully saturated rings. The Bertz CT molecular complexity index is 322. The predicted molar refractivity (Wildman–Crippen MR) is 56.6 cm³/mol. The van der Waals surface area contributed by atoms with Gasteiger partial charge in [0.1, 0.15) is 6.33 Å². The second-order valence-electron chi connectivity index (χ2n) is 4.07. The topological polar surface area (TPSA) is 50.2 Å². The first-order valence-corrected chi connectivity index (χ1v) is 5.20. The zero-order chi connectivity index (χ0) is 10.7. The van der Waals surface area contributed by atoms with Crippen LogP contribution in [-0.4, -0.2) is 47.2 Å². The number of imidazole rings is 1. The summed E-state index contributed by atoms with van der Waals surface area (Å²) in [6.45, 7) is 2.96. The van der Waals surface area contributed by atoms with Gasteiger partial charge in [0, 0.05) is 25.5 Å². The Morgan fingerprint density at radius 2 is 2.53 bits per heavy atom. The third kappa shape index (κ3) is 2.56. The molecule has 5 heteroatoms. The predicted octanol–water partition coefficient (Wildman–Crippen LogP) is 0.392. The van der Waals surface area contributed by atoms with E-state index in [0.29, 0.717) is 5.92 Å². The molecule has 15 heavy (non-hydrogen) atoms. The first kappa shape index (κ1) is 10.2. The Kier molecular flexibility index (Phi) is 3.01. The molecule has 5 nitrogen and oxygen atoms in total. The van der Waals surface area contributed by atoms with E-state index in [1.807, 2.05) is 0 Å². The second kappa shape index (κ2) is 4.44. The normalized spacial score (nSPS) is 21.8. The van der Waals surface area contributed by atoms with E-state index in [2.05, 4.69) is 22.2 Å². The lowest BCUT2D eigenvalue weighted by molar-refractivity contribution is 0.240. The molecule has 0 aliphatic carbocycles. The number of nitrogens with one attached hydrogen (secondary N) is 1. The van der Waals surface area contributed by atoms with Crippen molar-refractivity contribution in [2.24, 2.45) is 5.92 Å². The molecule has 1 saturated heterocycles. The first-order valence-electron chi connectivity index (χ1n) is 5.20. The van der Waals surface area contributed by atoms with E-state index < -0.39 is 0 Å². The number of amides is 1. The van der Waals surface area contributed by atoms with E-state index >= 15 is 0 Å². The molecule has 1 N–H and O–H groups in total. The fourth-order valence-electron chi connectivity index (χ4n) is 1.90. The minimum absolute atomic E-state index is 0.0953. The monoisotopic (exact) mass is 208 g/mol. The average molecular weight is 208 g/mol. The molecule has 1 aromatic heterocycles. The van der Waals surface area contributed by atoms with Crippen LogP contribution in [0.4, 0.5) is 4.79 Å². The van der Waals surface area contributed by atoms with E-state index in [1.165, 1.54) is 17.3 Å². The molecule has 0 bridgehead atoms. The third-order valence-electron chi connectivity index (χ3n) is 2.77. The third-order valence-corrected chi connectivity index (χ3v) is 2.77. The number of carbonyl (C=O) groups excluding carboxylic acids is 1. The largest absolute Gasteiger partial charge is 0.337 e. The maximum Gasteiger partial charge on any atom is 0.326 e. The Hall–Kier alpha value is -1.36. The zero-order valence-corrected chi connectivity index (χ0v) is 8.89. The lowest BCUT2D eigenvalue weighted by Crippen LogP contribution is -2.33. The highest BCUT2D eigenvalue weighted by atomic mass is 16.2. The standard InChI is InChI=1S/C10H16N4O/c1-13-4-2-9(7-13)6-12-10(15)14-5-3-11-8-14/h3,5,8-9H,2,4,6-7H2,1H3,(H,12,15). The molecule has 0 spiro atoms. The van der Waals surface area contributed by atoms with Gasteiger partial charge in [-0.3, -0.25) is 4.57 Å². The van der Waals surface area contributed by atoms with Crippen molar-refractivity contribution in [1.82, 2.24) is 19.8 Å². The maximum atomic E-state index is 11.5. The van der Waals surface area contributed by atoms with Gasteiger partial charge in [-0.1, -0.05) is 0 Å². The van der Waals surface area contributed by atoms with Gasteiger partial charge >= 0.3 is 6.03 Å². The Labute approximate surface area is 89.1 Å². The number of nitrogens with zero attached hydrogens (tertiary/aromatic N) is 3. The Morgan fingerprint density at radius 3 is 3.13 bits per heavy atom. The highest BCUT2D eigenvalue weighted by Crippen LogP contribution is 2.12. The molecule has 2 heterocycles. The molecule has 1 aliphatic heterocycles. The second-order valence-corrected chi connectivity index (χ2v) is 4.07. The van der Waals surface area contributed by atoms with Crippen molar-refractivity contribution in [3.63, 3.8) is 0 Å². The van der Waals surface area contributed by atoms with Crippen molar-refractivity contribution in [3.8, 4) is 0 Å². The summed E-state index contributed by atoms with van der Waals surface area (Å²) < 4.78 is 1.46. The van der Waals surface area contributed by atoms with Crippen LogP contribution in [-0.2, 0) is 0 Å². The van der Waals surface area contributed by atoms with Gasteiger partial charge in [0.25, 0.3) is 0 Å². The molecule has 2 rings (SSSR count). The van der Waals surface area contributed by atoms with Crippen LogP contribution < -0.4 is 5.32 Å². The summed E-state index contributed by atoms with van der Waals surface area (Å²) in [4.78, 5) is 17.7. The highest BCUT2D eigenvalue weighted by Gasteiger charge is 2.19. The molecular formula is C10H16N4O. The quantitative estimate of drug-likeness (QED) is 0.765. The molecule has 82 valence electrons. The van der Waals surface area contributed by atoms with Crippen molar-refractivity contribution in [3.05, 3.63) is 18.7 Å². The van der Waals surface area contributed by atoms with Crippen LogP contribution in [0.25, 0.3) is 0 Å². The molecule has 1 aromatic rings. The Morgan fingerprint density at radius 1 is 1.67 bits per heavy atom. The number of hydrogen-bond donors (Lipinski definition) is 1. The summed E-state index contributed by atoms with van der Waals surface area (Å²) in [6.07, 6.45) is 5.93. The van der Waals surface area contributed by atoms with Crippen molar-refractivity contribution < 1.29 is 4.79 Å². The lowest BCUT2D eigenvalue weighted by atomic mass is 10.1. The number of carbonyl (C=O) groups is 1. The molecule has 1 unspecified atom stereocenters. The number of aromatic nitrogens is 2. The summed E-state index contributed by atoms with van der Waals surface area (Å²) in [5.74, 6) is 0.586. The minimum Gasteiger partial charge on any atom is -0.337 e. The van der Waals surface area contributed by atoms with E-state index in [4.69, 9.17) is 0 Å². The summed E-state index contributed by atoms with van der Waals surface area (Å²) in [7, 11) is 2.11.